The van der Waals surface area contributed by atoms with Crippen LogP contribution in [0.15, 0.2) is 84.9 Å². The Morgan fingerprint density at radius 2 is 1.04 bits per heavy atom. The molecule has 2 atom stereocenters. The summed E-state index contributed by atoms with van der Waals surface area (Å²) in [6, 6.07) is 27.8. The molecule has 7 nitrogen and oxygen atoms in total. The molecule has 4 aromatic carbocycles. The fourth-order valence-corrected chi connectivity index (χ4v) is 7.24. The summed E-state index contributed by atoms with van der Waals surface area (Å²) in [6.45, 7) is 8.52. The van der Waals surface area contributed by atoms with Crippen LogP contribution in [0, 0.1) is 0 Å². The summed E-state index contributed by atoms with van der Waals surface area (Å²) < 4.78 is 4.72. The van der Waals surface area contributed by atoms with Crippen molar-refractivity contribution in [3.63, 3.8) is 0 Å². The maximum absolute atomic E-state index is 11.7. The molecule has 2 aliphatic rings. The second-order valence-corrected chi connectivity index (χ2v) is 14.8. The molecule has 0 aliphatic carbocycles. The number of hydrogen-bond acceptors (Lipinski definition) is 6. The fourth-order valence-electron chi connectivity index (χ4n) is 5.97. The van der Waals surface area contributed by atoms with Crippen LogP contribution in [0.25, 0.3) is 0 Å². The van der Waals surface area contributed by atoms with Crippen LogP contribution in [0.1, 0.15) is 77.3 Å². The molecule has 4 aromatic rings. The predicted octanol–water partition coefficient (Wildman–Crippen LogP) is 6.61. The van der Waals surface area contributed by atoms with Gasteiger partial charge in [0.2, 0.25) is 0 Å². The van der Waals surface area contributed by atoms with E-state index >= 15 is 0 Å². The SMILES string of the molecule is CC(C)(C)[O-].COC(=O)c1c(Cl)cc(N2CCC(c3ccccc3)C2)cc1Cl.O=C(O)c1c(Cl)cc(N2CCC(c3ccccc3)C2)cc1Cl.[K+]. The van der Waals surface area contributed by atoms with Gasteiger partial charge in [0.1, 0.15) is 0 Å². The summed E-state index contributed by atoms with van der Waals surface area (Å²) in [7, 11) is 1.31. The van der Waals surface area contributed by atoms with Crippen molar-refractivity contribution >= 4 is 69.7 Å². The average molecular weight is 799 g/mol. The Hall–Kier alpha value is -1.82. The quantitative estimate of drug-likeness (QED) is 0.174. The average Bonchev–Trinajstić information content (AvgIpc) is 3.76. The molecule has 51 heavy (non-hydrogen) atoms. The maximum atomic E-state index is 11.7. The molecule has 2 unspecified atom stereocenters. The van der Waals surface area contributed by atoms with Gasteiger partial charge in [0.15, 0.2) is 0 Å². The number of anilines is 2. The van der Waals surface area contributed by atoms with Crippen molar-refractivity contribution in [1.82, 2.24) is 0 Å². The summed E-state index contributed by atoms with van der Waals surface area (Å²) in [5.74, 6) is -0.660. The Labute approximate surface area is 363 Å². The smallest absolute Gasteiger partial charge is 0.850 e. The van der Waals surface area contributed by atoms with Crippen LogP contribution in [-0.2, 0) is 4.74 Å². The van der Waals surface area contributed by atoms with E-state index in [1.807, 2.05) is 24.3 Å². The summed E-state index contributed by atoms with van der Waals surface area (Å²) in [5.41, 5.74) is 3.91. The van der Waals surface area contributed by atoms with Crippen LogP contribution < -0.4 is 66.3 Å². The van der Waals surface area contributed by atoms with Gasteiger partial charge >= 0.3 is 63.3 Å². The first-order chi connectivity index (χ1) is 23.7. The van der Waals surface area contributed by atoms with Gasteiger partial charge in [-0.2, -0.15) is 0 Å². The van der Waals surface area contributed by atoms with Gasteiger partial charge in [-0.25, -0.2) is 9.59 Å². The van der Waals surface area contributed by atoms with Gasteiger partial charge in [-0.05, 0) is 48.2 Å². The number of benzene rings is 4. The Balaban J connectivity index is 0.000000239. The Kier molecular flexibility index (Phi) is 17.1. The van der Waals surface area contributed by atoms with Crippen LogP contribution >= 0.6 is 46.4 Å². The monoisotopic (exact) mass is 796 g/mol. The molecule has 2 aliphatic heterocycles. The van der Waals surface area contributed by atoms with E-state index in [4.69, 9.17) is 56.2 Å². The minimum atomic E-state index is -1.11. The van der Waals surface area contributed by atoms with E-state index in [1.54, 1.807) is 45.0 Å². The van der Waals surface area contributed by atoms with Crippen molar-refractivity contribution < 1.29 is 75.9 Å². The second kappa shape index (κ2) is 20.0. The van der Waals surface area contributed by atoms with Crippen LogP contribution in [-0.4, -0.2) is 55.9 Å². The summed E-state index contributed by atoms with van der Waals surface area (Å²) in [5, 5.41) is 20.2. The zero-order valence-corrected chi connectivity index (χ0v) is 35.6. The minimum Gasteiger partial charge on any atom is -0.850 e. The third-order valence-electron chi connectivity index (χ3n) is 8.31. The molecule has 2 fully saturated rings. The topological polar surface area (TPSA) is 93.1 Å². The van der Waals surface area contributed by atoms with Crippen molar-refractivity contribution in [1.29, 1.82) is 0 Å². The van der Waals surface area contributed by atoms with Crippen LogP contribution in [0.4, 0.5) is 11.4 Å². The summed E-state index contributed by atoms with van der Waals surface area (Å²) in [4.78, 5) is 27.3. The normalized spacial score (nSPS) is 16.6. The van der Waals surface area contributed by atoms with Gasteiger partial charge in [0.05, 0.1) is 38.3 Å². The number of carbonyl (C=O) groups is 2. The molecule has 2 saturated heterocycles. The molecule has 12 heteroatoms. The molecular weight excluding hydrogens is 757 g/mol. The van der Waals surface area contributed by atoms with E-state index in [2.05, 4.69) is 46.2 Å². The molecule has 6 rings (SSSR count). The molecule has 266 valence electrons. The van der Waals surface area contributed by atoms with E-state index < -0.39 is 17.5 Å². The number of aromatic carboxylic acids is 1. The van der Waals surface area contributed by atoms with Crippen molar-refractivity contribution in [3.05, 3.63) is 127 Å². The number of carboxylic acid groups (broad SMARTS) is 1. The van der Waals surface area contributed by atoms with Gasteiger partial charge in [-0.3, -0.25) is 0 Å². The first-order valence-electron chi connectivity index (χ1n) is 16.3. The maximum Gasteiger partial charge on any atom is 1.00 e. The Bertz CT molecular complexity index is 1720. The van der Waals surface area contributed by atoms with Crippen molar-refractivity contribution in [2.24, 2.45) is 0 Å². The third kappa shape index (κ3) is 12.6. The largest absolute Gasteiger partial charge is 1.00 e. The molecule has 1 N–H and O–H groups in total. The zero-order valence-electron chi connectivity index (χ0n) is 29.5. The van der Waals surface area contributed by atoms with Gasteiger partial charge < -0.3 is 24.7 Å². The number of esters is 1. The van der Waals surface area contributed by atoms with Gasteiger partial charge in [0, 0.05) is 49.4 Å². The molecule has 0 saturated carbocycles. The molecule has 0 amide bonds. The van der Waals surface area contributed by atoms with E-state index in [0.29, 0.717) is 21.9 Å². The molecule has 0 bridgehead atoms. The first-order valence-corrected chi connectivity index (χ1v) is 17.8. The molecule has 2 heterocycles. The van der Waals surface area contributed by atoms with Gasteiger partial charge in [-0.15, -0.1) is 5.60 Å². The summed E-state index contributed by atoms with van der Waals surface area (Å²) in [6.07, 6.45) is 2.14. The minimum absolute atomic E-state index is 0. The van der Waals surface area contributed by atoms with E-state index in [-0.39, 0.29) is 72.6 Å². The van der Waals surface area contributed by atoms with Crippen molar-refractivity contribution in [2.75, 3.05) is 43.1 Å². The second-order valence-electron chi connectivity index (χ2n) is 13.2. The number of carbonyl (C=O) groups excluding carboxylic acids is 1. The van der Waals surface area contributed by atoms with E-state index in [1.165, 1.54) is 18.2 Å². The number of carboxylic acids is 1. The van der Waals surface area contributed by atoms with Gasteiger partial charge in [0.25, 0.3) is 0 Å². The van der Waals surface area contributed by atoms with E-state index in [0.717, 1.165) is 50.4 Å². The Morgan fingerprint density at radius 3 is 1.35 bits per heavy atom. The zero-order chi connectivity index (χ0) is 36.6. The van der Waals surface area contributed by atoms with Crippen LogP contribution in [0.5, 0.6) is 0 Å². The molecule has 0 spiro atoms. The van der Waals surface area contributed by atoms with Crippen molar-refractivity contribution in [3.8, 4) is 0 Å². The molecule has 0 aromatic heterocycles. The number of rotatable bonds is 6. The standard InChI is InChI=1S/C18H17Cl2NO2.C17H15Cl2NO2.C4H9O.K/c1-23-18(22)17-15(19)9-14(10-16(17)20)21-8-7-13(11-21)12-5-3-2-4-6-12;18-14-8-13(9-15(19)16(14)17(21)22)20-7-6-12(10-20)11-4-2-1-3-5-11;1-4(2,3)5;/h2-6,9-10,13H,7-8,11H2,1H3;1-5,8-9,12H,6-7,10H2,(H,21,22);1-3H3;/q;;-1;+1. The number of methoxy groups -OCH3 is 1. The number of nitrogens with zero attached hydrogens (tertiary/aromatic N) is 2. The number of hydrogen-bond donors (Lipinski definition) is 1. The first kappa shape index (κ1) is 43.6. The summed E-state index contributed by atoms with van der Waals surface area (Å²) >= 11 is 24.6. The van der Waals surface area contributed by atoms with Crippen LogP contribution in [0.3, 0.4) is 0 Å². The van der Waals surface area contributed by atoms with Crippen molar-refractivity contribution in [2.45, 2.75) is 51.0 Å². The third-order valence-corrected chi connectivity index (χ3v) is 9.50. The predicted molar refractivity (Wildman–Crippen MR) is 203 cm³/mol. The number of halogens is 4. The molecular formula is C39H41Cl4KN2O5. The van der Waals surface area contributed by atoms with E-state index in [9.17, 15) is 14.7 Å². The van der Waals surface area contributed by atoms with Gasteiger partial charge in [-0.1, -0.05) is 128 Å². The molecule has 0 radical (unpaired) electrons. The van der Waals surface area contributed by atoms with Crippen LogP contribution in [0.2, 0.25) is 20.1 Å². The Morgan fingerprint density at radius 1 is 0.706 bits per heavy atom. The number of ether oxygens (including phenoxy) is 1. The fraction of sp³-hybridized carbons (Fsp3) is 0.333.